The minimum Gasteiger partial charge on any atom is -0.466 e. The number of hydrogen-bond acceptors (Lipinski definition) is 3. The molecule has 4 heteroatoms. The molecule has 0 amide bonds. The summed E-state index contributed by atoms with van der Waals surface area (Å²) < 4.78 is 6.72. The number of hydrogen-bond donors (Lipinski definition) is 0. The average molecular weight is 194 g/mol. The maximum absolute atomic E-state index is 11.3. The van der Waals surface area contributed by atoms with Crippen molar-refractivity contribution in [1.29, 1.82) is 0 Å². The smallest absolute Gasteiger partial charge is 0.309 e. The number of esters is 1. The third-order valence-electron chi connectivity index (χ3n) is 2.53. The summed E-state index contributed by atoms with van der Waals surface area (Å²) in [5.41, 5.74) is 1.14. The summed E-state index contributed by atoms with van der Waals surface area (Å²) in [4.78, 5) is 11.3. The van der Waals surface area contributed by atoms with Crippen LogP contribution in [0.1, 0.15) is 24.8 Å². The highest BCUT2D eigenvalue weighted by Gasteiger charge is 2.45. The maximum atomic E-state index is 11.3. The molecule has 0 saturated heterocycles. The van der Waals surface area contributed by atoms with Gasteiger partial charge in [0.1, 0.15) is 0 Å². The third-order valence-corrected chi connectivity index (χ3v) is 2.53. The Balaban J connectivity index is 1.96. The van der Waals surface area contributed by atoms with Crippen LogP contribution in [0.2, 0.25) is 0 Å². The second-order valence-electron chi connectivity index (χ2n) is 3.65. The first-order valence-electron chi connectivity index (χ1n) is 4.87. The van der Waals surface area contributed by atoms with Crippen molar-refractivity contribution >= 4 is 5.97 Å². The van der Waals surface area contributed by atoms with Crippen molar-refractivity contribution in [3.8, 4) is 0 Å². The highest BCUT2D eigenvalue weighted by molar-refractivity contribution is 5.77. The quantitative estimate of drug-likeness (QED) is 0.676. The molecule has 14 heavy (non-hydrogen) atoms. The van der Waals surface area contributed by atoms with Crippen molar-refractivity contribution in [1.82, 2.24) is 9.78 Å². The Morgan fingerprint density at radius 3 is 3.14 bits per heavy atom. The van der Waals surface area contributed by atoms with Gasteiger partial charge in [-0.15, -0.1) is 0 Å². The summed E-state index contributed by atoms with van der Waals surface area (Å²) in [7, 11) is 1.88. The van der Waals surface area contributed by atoms with Crippen LogP contribution in [0, 0.1) is 5.92 Å². The Hall–Kier alpha value is -1.32. The summed E-state index contributed by atoms with van der Waals surface area (Å²) in [6.45, 7) is 2.30. The van der Waals surface area contributed by atoms with E-state index in [0.717, 1.165) is 12.0 Å². The molecular weight excluding hydrogens is 180 g/mol. The van der Waals surface area contributed by atoms with Gasteiger partial charge in [-0.3, -0.25) is 9.48 Å². The lowest BCUT2D eigenvalue weighted by Crippen LogP contribution is -2.07. The lowest BCUT2D eigenvalue weighted by Gasteiger charge is -1.98. The minimum absolute atomic E-state index is 0.0682. The van der Waals surface area contributed by atoms with Crippen LogP contribution in [0.15, 0.2) is 12.4 Å². The van der Waals surface area contributed by atoms with E-state index in [0.29, 0.717) is 12.5 Å². The number of ether oxygens (including phenoxy) is 1. The van der Waals surface area contributed by atoms with Gasteiger partial charge in [0, 0.05) is 19.2 Å². The first-order chi connectivity index (χ1) is 6.72. The van der Waals surface area contributed by atoms with E-state index in [4.69, 9.17) is 4.74 Å². The van der Waals surface area contributed by atoms with Crippen LogP contribution in [0.4, 0.5) is 0 Å². The van der Waals surface area contributed by atoms with Crippen LogP contribution in [0.3, 0.4) is 0 Å². The molecule has 0 spiro atoms. The van der Waals surface area contributed by atoms with Crippen LogP contribution >= 0.6 is 0 Å². The van der Waals surface area contributed by atoms with E-state index in [1.54, 1.807) is 4.68 Å². The van der Waals surface area contributed by atoms with E-state index in [1.807, 2.05) is 26.4 Å². The largest absolute Gasteiger partial charge is 0.466 e. The zero-order chi connectivity index (χ0) is 10.1. The molecule has 0 N–H and O–H groups in total. The van der Waals surface area contributed by atoms with Gasteiger partial charge in [-0.2, -0.15) is 5.10 Å². The molecular formula is C10H14N2O2. The second-order valence-corrected chi connectivity index (χ2v) is 3.65. The van der Waals surface area contributed by atoms with E-state index in [-0.39, 0.29) is 11.9 Å². The van der Waals surface area contributed by atoms with Crippen LogP contribution in [0.5, 0.6) is 0 Å². The average Bonchev–Trinajstić information content (AvgIpc) is 2.84. The first kappa shape index (κ1) is 9.24. The van der Waals surface area contributed by atoms with Gasteiger partial charge < -0.3 is 4.74 Å². The molecule has 1 aliphatic carbocycles. The molecule has 1 aromatic heterocycles. The van der Waals surface area contributed by atoms with Crippen molar-refractivity contribution in [3.63, 3.8) is 0 Å². The topological polar surface area (TPSA) is 44.1 Å². The highest BCUT2D eigenvalue weighted by atomic mass is 16.5. The van der Waals surface area contributed by atoms with Gasteiger partial charge in [0.2, 0.25) is 0 Å². The number of nitrogens with zero attached hydrogens (tertiary/aromatic N) is 2. The lowest BCUT2D eigenvalue weighted by atomic mass is 10.2. The van der Waals surface area contributed by atoms with Crippen LogP contribution in [-0.2, 0) is 16.6 Å². The van der Waals surface area contributed by atoms with Crippen LogP contribution < -0.4 is 0 Å². The Morgan fingerprint density at radius 2 is 2.57 bits per heavy atom. The lowest BCUT2D eigenvalue weighted by molar-refractivity contribution is -0.144. The van der Waals surface area contributed by atoms with Gasteiger partial charge in [0.15, 0.2) is 0 Å². The number of aryl methyl sites for hydroxylation is 1. The summed E-state index contributed by atoms with van der Waals surface area (Å²) in [5.74, 6) is 0.336. The van der Waals surface area contributed by atoms with Gasteiger partial charge in [-0.05, 0) is 18.9 Å². The molecule has 2 atom stereocenters. The van der Waals surface area contributed by atoms with Crippen molar-refractivity contribution < 1.29 is 9.53 Å². The molecule has 1 saturated carbocycles. The SMILES string of the molecule is CCOC(=O)[C@@H]1C[C@H]1c1cnn(C)c1. The molecule has 4 nitrogen and oxygen atoms in total. The molecule has 1 aliphatic rings. The highest BCUT2D eigenvalue weighted by Crippen LogP contribution is 2.47. The zero-order valence-electron chi connectivity index (χ0n) is 8.43. The molecule has 0 radical (unpaired) electrons. The second kappa shape index (κ2) is 3.44. The fourth-order valence-corrected chi connectivity index (χ4v) is 1.70. The Bertz CT molecular complexity index is 346. The maximum Gasteiger partial charge on any atom is 0.309 e. The molecule has 1 fully saturated rings. The Kier molecular flexibility index (Phi) is 2.27. The predicted octanol–water partition coefficient (Wildman–Crippen LogP) is 1.09. The molecule has 1 heterocycles. The van der Waals surface area contributed by atoms with Crippen LogP contribution in [0.25, 0.3) is 0 Å². The molecule has 0 aliphatic heterocycles. The molecule has 2 rings (SSSR count). The molecule has 1 aromatic rings. The van der Waals surface area contributed by atoms with Gasteiger partial charge in [-0.25, -0.2) is 0 Å². The number of carbonyl (C=O) groups excluding carboxylic acids is 1. The number of carbonyl (C=O) groups is 1. The molecule has 0 unspecified atom stereocenters. The van der Waals surface area contributed by atoms with Gasteiger partial charge in [-0.1, -0.05) is 0 Å². The Morgan fingerprint density at radius 1 is 1.79 bits per heavy atom. The first-order valence-corrected chi connectivity index (χ1v) is 4.87. The summed E-state index contributed by atoms with van der Waals surface area (Å²) >= 11 is 0. The van der Waals surface area contributed by atoms with Gasteiger partial charge in [0.05, 0.1) is 18.7 Å². The molecule has 0 bridgehead atoms. The monoisotopic (exact) mass is 194 g/mol. The Labute approximate surface area is 82.9 Å². The molecule has 76 valence electrons. The van der Waals surface area contributed by atoms with E-state index in [9.17, 15) is 4.79 Å². The fraction of sp³-hybridized carbons (Fsp3) is 0.600. The van der Waals surface area contributed by atoms with E-state index in [1.165, 1.54) is 0 Å². The van der Waals surface area contributed by atoms with E-state index >= 15 is 0 Å². The zero-order valence-corrected chi connectivity index (χ0v) is 8.43. The molecule has 0 aromatic carbocycles. The van der Waals surface area contributed by atoms with E-state index in [2.05, 4.69) is 5.10 Å². The summed E-state index contributed by atoms with van der Waals surface area (Å²) in [6.07, 6.45) is 4.69. The third kappa shape index (κ3) is 1.64. The van der Waals surface area contributed by atoms with Crippen LogP contribution in [-0.4, -0.2) is 22.4 Å². The normalized spacial score (nSPS) is 24.7. The summed E-state index contributed by atoms with van der Waals surface area (Å²) in [5, 5.41) is 4.08. The standard InChI is InChI=1S/C10H14N2O2/c1-3-14-10(13)9-4-8(9)7-5-11-12(2)6-7/h5-6,8-9H,3-4H2,1-2H3/t8-,9+/m0/s1. The number of aromatic nitrogens is 2. The fourth-order valence-electron chi connectivity index (χ4n) is 1.70. The van der Waals surface area contributed by atoms with Crippen molar-refractivity contribution in [3.05, 3.63) is 18.0 Å². The number of rotatable bonds is 3. The summed E-state index contributed by atoms with van der Waals surface area (Å²) in [6, 6.07) is 0. The van der Waals surface area contributed by atoms with Gasteiger partial charge in [0.25, 0.3) is 0 Å². The predicted molar refractivity (Wildman–Crippen MR) is 50.7 cm³/mol. The van der Waals surface area contributed by atoms with E-state index < -0.39 is 0 Å². The van der Waals surface area contributed by atoms with Crippen molar-refractivity contribution in [2.24, 2.45) is 13.0 Å². The van der Waals surface area contributed by atoms with Gasteiger partial charge >= 0.3 is 5.97 Å². The van der Waals surface area contributed by atoms with Crippen molar-refractivity contribution in [2.75, 3.05) is 6.61 Å². The van der Waals surface area contributed by atoms with Crippen molar-refractivity contribution in [2.45, 2.75) is 19.3 Å². The minimum atomic E-state index is -0.0682.